The molecule has 4 heteroatoms. The maximum absolute atomic E-state index is 11.5. The van der Waals surface area contributed by atoms with Crippen LogP contribution in [0.4, 0.5) is 0 Å². The van der Waals surface area contributed by atoms with Crippen molar-refractivity contribution in [2.24, 2.45) is 0 Å². The zero-order chi connectivity index (χ0) is 11.5. The third kappa shape index (κ3) is 2.21. The summed E-state index contributed by atoms with van der Waals surface area (Å²) in [4.78, 5) is 24.4. The van der Waals surface area contributed by atoms with E-state index in [2.05, 4.69) is 0 Å². The Labute approximate surface area is 93.5 Å². The zero-order valence-electron chi connectivity index (χ0n) is 8.85. The van der Waals surface area contributed by atoms with E-state index >= 15 is 0 Å². The second-order valence-corrected chi connectivity index (χ2v) is 3.89. The topological polar surface area (TPSA) is 57.6 Å². The second-order valence-electron chi connectivity index (χ2n) is 3.89. The quantitative estimate of drug-likeness (QED) is 0.765. The molecular weight excluding hydrogens is 206 g/mol. The zero-order valence-corrected chi connectivity index (χ0v) is 8.85. The SMILES string of the molecule is O=C1CCCC(=O)N1Cc1ccc(O)cc1. The summed E-state index contributed by atoms with van der Waals surface area (Å²) in [6.45, 7) is 0.304. The Morgan fingerprint density at radius 3 is 2.19 bits per heavy atom. The van der Waals surface area contributed by atoms with Crippen LogP contribution in [0.2, 0.25) is 0 Å². The number of piperidine rings is 1. The predicted octanol–water partition coefficient (Wildman–Crippen LogP) is 1.43. The number of imide groups is 1. The Morgan fingerprint density at radius 2 is 1.62 bits per heavy atom. The molecule has 1 fully saturated rings. The molecule has 0 aromatic heterocycles. The lowest BCUT2D eigenvalue weighted by molar-refractivity contribution is -0.148. The van der Waals surface area contributed by atoms with Gasteiger partial charge in [-0.2, -0.15) is 0 Å². The number of nitrogens with zero attached hydrogens (tertiary/aromatic N) is 1. The van der Waals surface area contributed by atoms with E-state index in [0.29, 0.717) is 25.8 Å². The minimum Gasteiger partial charge on any atom is -0.508 e. The predicted molar refractivity (Wildman–Crippen MR) is 57.5 cm³/mol. The molecule has 1 aliphatic heterocycles. The molecule has 2 amide bonds. The Morgan fingerprint density at radius 1 is 1.06 bits per heavy atom. The van der Waals surface area contributed by atoms with Gasteiger partial charge in [-0.1, -0.05) is 12.1 Å². The first-order valence-corrected chi connectivity index (χ1v) is 5.28. The van der Waals surface area contributed by atoms with Crippen LogP contribution in [0.1, 0.15) is 24.8 Å². The maximum atomic E-state index is 11.5. The lowest BCUT2D eigenvalue weighted by atomic mass is 10.1. The second kappa shape index (κ2) is 4.35. The van der Waals surface area contributed by atoms with E-state index in [4.69, 9.17) is 5.11 Å². The first-order chi connectivity index (χ1) is 7.66. The van der Waals surface area contributed by atoms with E-state index in [1.807, 2.05) is 0 Å². The number of hydrogen-bond acceptors (Lipinski definition) is 3. The number of carbonyl (C=O) groups is 2. The molecule has 0 saturated carbocycles. The van der Waals surface area contributed by atoms with Crippen molar-refractivity contribution in [3.63, 3.8) is 0 Å². The first-order valence-electron chi connectivity index (χ1n) is 5.28. The molecule has 1 aromatic rings. The van der Waals surface area contributed by atoms with E-state index < -0.39 is 0 Å². The normalized spacial score (nSPS) is 16.6. The smallest absolute Gasteiger partial charge is 0.229 e. The van der Waals surface area contributed by atoms with E-state index in [1.165, 1.54) is 4.90 Å². The van der Waals surface area contributed by atoms with Crippen molar-refractivity contribution in [1.29, 1.82) is 0 Å². The molecule has 2 rings (SSSR count). The van der Waals surface area contributed by atoms with Crippen LogP contribution in [-0.2, 0) is 16.1 Å². The van der Waals surface area contributed by atoms with Crippen molar-refractivity contribution in [1.82, 2.24) is 4.90 Å². The summed E-state index contributed by atoms with van der Waals surface area (Å²) in [7, 11) is 0. The van der Waals surface area contributed by atoms with Gasteiger partial charge in [-0.3, -0.25) is 14.5 Å². The molecule has 4 nitrogen and oxygen atoms in total. The highest BCUT2D eigenvalue weighted by Crippen LogP contribution is 2.17. The summed E-state index contributed by atoms with van der Waals surface area (Å²) >= 11 is 0. The van der Waals surface area contributed by atoms with Gasteiger partial charge in [0.05, 0.1) is 6.54 Å². The van der Waals surface area contributed by atoms with Crippen LogP contribution >= 0.6 is 0 Å². The van der Waals surface area contributed by atoms with Crippen LogP contribution in [0.5, 0.6) is 5.75 Å². The average molecular weight is 219 g/mol. The summed E-state index contributed by atoms with van der Waals surface area (Å²) in [5.41, 5.74) is 0.849. The molecule has 0 aliphatic carbocycles. The van der Waals surface area contributed by atoms with Crippen LogP contribution in [0.3, 0.4) is 0 Å². The summed E-state index contributed by atoms with van der Waals surface area (Å²) in [6.07, 6.45) is 1.55. The number of phenols is 1. The lowest BCUT2D eigenvalue weighted by Crippen LogP contribution is -2.39. The molecule has 0 radical (unpaired) electrons. The number of carbonyl (C=O) groups excluding carboxylic acids is 2. The Kier molecular flexibility index (Phi) is 2.90. The van der Waals surface area contributed by atoms with E-state index in [0.717, 1.165) is 5.56 Å². The van der Waals surface area contributed by atoms with Crippen molar-refractivity contribution >= 4 is 11.8 Å². The summed E-state index contributed by atoms with van der Waals surface area (Å²) < 4.78 is 0. The summed E-state index contributed by atoms with van der Waals surface area (Å²) in [5.74, 6) is -0.0336. The van der Waals surface area contributed by atoms with E-state index in [-0.39, 0.29) is 17.6 Å². The highest BCUT2D eigenvalue weighted by Gasteiger charge is 2.25. The largest absolute Gasteiger partial charge is 0.508 e. The molecule has 1 N–H and O–H groups in total. The minimum absolute atomic E-state index is 0.107. The first kappa shape index (κ1) is 10.7. The van der Waals surface area contributed by atoms with Crippen LogP contribution in [0, 0.1) is 0 Å². The van der Waals surface area contributed by atoms with Crippen LogP contribution in [0.15, 0.2) is 24.3 Å². The van der Waals surface area contributed by atoms with Gasteiger partial charge >= 0.3 is 0 Å². The van der Waals surface area contributed by atoms with Crippen molar-refractivity contribution in [2.75, 3.05) is 0 Å². The number of phenolic OH excluding ortho intramolecular Hbond substituents is 1. The number of amides is 2. The van der Waals surface area contributed by atoms with Crippen LogP contribution < -0.4 is 0 Å². The number of likely N-dealkylation sites (tertiary alicyclic amines) is 1. The van der Waals surface area contributed by atoms with E-state index in [9.17, 15) is 9.59 Å². The highest BCUT2D eigenvalue weighted by molar-refractivity contribution is 5.97. The third-order valence-electron chi connectivity index (χ3n) is 2.66. The minimum atomic E-state index is -0.107. The van der Waals surface area contributed by atoms with Gasteiger partial charge in [0, 0.05) is 12.8 Å². The van der Waals surface area contributed by atoms with Gasteiger partial charge in [0.2, 0.25) is 11.8 Å². The molecule has 16 heavy (non-hydrogen) atoms. The Hall–Kier alpha value is -1.84. The standard InChI is InChI=1S/C12H13NO3/c14-10-6-4-9(5-7-10)8-13-11(15)2-1-3-12(13)16/h4-7,14H,1-3,8H2. The van der Waals surface area contributed by atoms with Gasteiger partial charge in [0.25, 0.3) is 0 Å². The van der Waals surface area contributed by atoms with Crippen molar-refractivity contribution in [2.45, 2.75) is 25.8 Å². The number of rotatable bonds is 2. The number of benzene rings is 1. The van der Waals surface area contributed by atoms with Crippen LogP contribution in [0.25, 0.3) is 0 Å². The molecule has 0 bridgehead atoms. The molecule has 1 saturated heterocycles. The van der Waals surface area contributed by atoms with Crippen molar-refractivity contribution in [3.8, 4) is 5.75 Å². The molecule has 84 valence electrons. The van der Waals surface area contributed by atoms with Crippen molar-refractivity contribution in [3.05, 3.63) is 29.8 Å². The van der Waals surface area contributed by atoms with Gasteiger partial charge in [0.1, 0.15) is 5.75 Å². The van der Waals surface area contributed by atoms with Gasteiger partial charge in [-0.05, 0) is 24.1 Å². The fraction of sp³-hybridized carbons (Fsp3) is 0.333. The fourth-order valence-electron chi connectivity index (χ4n) is 1.76. The third-order valence-corrected chi connectivity index (χ3v) is 2.66. The van der Waals surface area contributed by atoms with Crippen molar-refractivity contribution < 1.29 is 14.7 Å². The molecule has 1 aliphatic rings. The van der Waals surface area contributed by atoms with Gasteiger partial charge in [0.15, 0.2) is 0 Å². The monoisotopic (exact) mass is 219 g/mol. The molecule has 0 spiro atoms. The average Bonchev–Trinajstić information content (AvgIpc) is 2.26. The van der Waals surface area contributed by atoms with E-state index in [1.54, 1.807) is 24.3 Å². The van der Waals surface area contributed by atoms with Gasteiger partial charge in [-0.15, -0.1) is 0 Å². The van der Waals surface area contributed by atoms with Gasteiger partial charge < -0.3 is 5.11 Å². The fourth-order valence-corrected chi connectivity index (χ4v) is 1.76. The van der Waals surface area contributed by atoms with Crippen LogP contribution in [-0.4, -0.2) is 21.8 Å². The number of aromatic hydroxyl groups is 1. The maximum Gasteiger partial charge on any atom is 0.229 e. The summed E-state index contributed by atoms with van der Waals surface area (Å²) in [6, 6.07) is 6.53. The molecule has 1 heterocycles. The Balaban J connectivity index is 2.10. The highest BCUT2D eigenvalue weighted by atomic mass is 16.3. The number of hydrogen-bond donors (Lipinski definition) is 1. The molecule has 0 atom stereocenters. The molecule has 1 aromatic carbocycles. The molecule has 0 unspecified atom stereocenters. The Bertz CT molecular complexity index is 395. The lowest BCUT2D eigenvalue weighted by Gasteiger charge is -2.24. The summed E-state index contributed by atoms with van der Waals surface area (Å²) in [5, 5.41) is 9.12. The molecular formula is C12H13NO3. The van der Waals surface area contributed by atoms with Gasteiger partial charge in [-0.25, -0.2) is 0 Å².